The molecule has 0 fully saturated rings. The van der Waals surface area contributed by atoms with Gasteiger partial charge < -0.3 is 24.8 Å². The van der Waals surface area contributed by atoms with Crippen LogP contribution in [0.5, 0.6) is 17.2 Å². The van der Waals surface area contributed by atoms with E-state index in [0.29, 0.717) is 25.7 Å². The Labute approximate surface area is 177 Å². The van der Waals surface area contributed by atoms with Crippen LogP contribution in [0.3, 0.4) is 0 Å². The van der Waals surface area contributed by atoms with Crippen molar-refractivity contribution in [3.05, 3.63) is 47.5 Å². The van der Waals surface area contributed by atoms with Gasteiger partial charge in [0.1, 0.15) is 5.75 Å². The van der Waals surface area contributed by atoms with E-state index in [9.17, 15) is 0 Å². The summed E-state index contributed by atoms with van der Waals surface area (Å²) >= 11 is 0. The summed E-state index contributed by atoms with van der Waals surface area (Å²) in [6, 6.07) is 12.0. The number of nitrogens with one attached hydrogen (secondary N) is 2. The number of hydrogen-bond acceptors (Lipinski definition) is 4. The van der Waals surface area contributed by atoms with E-state index in [-0.39, 0.29) is 24.0 Å². The zero-order chi connectivity index (χ0) is 18.4. The molecule has 6 nitrogen and oxygen atoms in total. The summed E-state index contributed by atoms with van der Waals surface area (Å²) in [6.45, 7) is 4.02. The maximum absolute atomic E-state index is 5.73. The molecule has 0 saturated carbocycles. The highest BCUT2D eigenvalue weighted by Gasteiger charge is 2.11. The molecule has 2 aromatic rings. The molecule has 1 heterocycles. The second kappa shape index (κ2) is 10.2. The lowest BCUT2D eigenvalue weighted by molar-refractivity contribution is 0.297. The number of ether oxygens (including phenoxy) is 3. The molecule has 0 spiro atoms. The Balaban J connectivity index is 0.00000261. The number of aliphatic imine (C=N–C) groups is 1. The molecule has 146 valence electrons. The zero-order valence-corrected chi connectivity index (χ0v) is 18.2. The third-order valence-corrected chi connectivity index (χ3v) is 4.17. The van der Waals surface area contributed by atoms with Crippen molar-refractivity contribution < 1.29 is 14.2 Å². The van der Waals surface area contributed by atoms with Crippen molar-refractivity contribution in [2.75, 3.05) is 32.7 Å². The number of nitrogens with zero attached hydrogens (tertiary/aromatic N) is 1. The molecule has 1 aliphatic heterocycles. The molecule has 27 heavy (non-hydrogen) atoms. The summed E-state index contributed by atoms with van der Waals surface area (Å²) in [7, 11) is 3.43. The summed E-state index contributed by atoms with van der Waals surface area (Å²) in [5.41, 5.74) is 3.13. The van der Waals surface area contributed by atoms with Crippen molar-refractivity contribution in [3.8, 4) is 17.2 Å². The van der Waals surface area contributed by atoms with E-state index in [4.69, 9.17) is 14.2 Å². The molecule has 1 aliphatic rings. The van der Waals surface area contributed by atoms with Gasteiger partial charge in [-0.15, -0.1) is 24.0 Å². The molecule has 0 amide bonds. The van der Waals surface area contributed by atoms with E-state index in [2.05, 4.69) is 27.8 Å². The molecule has 2 aromatic carbocycles. The highest BCUT2D eigenvalue weighted by atomic mass is 127. The first-order valence-corrected chi connectivity index (χ1v) is 8.70. The van der Waals surface area contributed by atoms with Crippen LogP contribution in [0.25, 0.3) is 0 Å². The standard InChI is InChI=1S/C20H25N3O3.HI/c1-14-5-6-15(11-18(14)24-3)13-22-20(21-2)23-16-7-8-17-19(12-16)26-10-4-9-25-17;/h5-8,11-12H,4,9-10,13H2,1-3H3,(H2,21,22,23);1H. The van der Waals surface area contributed by atoms with Crippen LogP contribution in [0.2, 0.25) is 0 Å². The van der Waals surface area contributed by atoms with Crippen LogP contribution in [0.1, 0.15) is 17.5 Å². The topological polar surface area (TPSA) is 64.1 Å². The second-order valence-corrected chi connectivity index (χ2v) is 6.07. The van der Waals surface area contributed by atoms with Gasteiger partial charge in [0.2, 0.25) is 0 Å². The molecule has 0 radical (unpaired) electrons. The first-order valence-electron chi connectivity index (χ1n) is 8.70. The van der Waals surface area contributed by atoms with Gasteiger partial charge in [0.05, 0.1) is 20.3 Å². The van der Waals surface area contributed by atoms with Crippen LogP contribution in [0.4, 0.5) is 5.69 Å². The predicted octanol–water partition coefficient (Wildman–Crippen LogP) is 3.97. The summed E-state index contributed by atoms with van der Waals surface area (Å²) in [5, 5.41) is 6.59. The zero-order valence-electron chi connectivity index (χ0n) is 15.9. The Morgan fingerprint density at radius 1 is 1.11 bits per heavy atom. The van der Waals surface area contributed by atoms with Crippen LogP contribution < -0.4 is 24.8 Å². The molecule has 2 N–H and O–H groups in total. The lowest BCUT2D eigenvalue weighted by Crippen LogP contribution is -2.30. The lowest BCUT2D eigenvalue weighted by atomic mass is 10.1. The summed E-state index contributed by atoms with van der Waals surface area (Å²) in [6.07, 6.45) is 0.890. The van der Waals surface area contributed by atoms with Gasteiger partial charge in [0.25, 0.3) is 0 Å². The van der Waals surface area contributed by atoms with E-state index in [1.54, 1.807) is 14.2 Å². The molecule has 0 unspecified atom stereocenters. The Bertz CT molecular complexity index is 796. The van der Waals surface area contributed by atoms with Crippen molar-refractivity contribution in [2.45, 2.75) is 19.9 Å². The minimum absolute atomic E-state index is 0. The molecule has 0 atom stereocenters. The van der Waals surface area contributed by atoms with E-state index >= 15 is 0 Å². The van der Waals surface area contributed by atoms with Gasteiger partial charge in [0.15, 0.2) is 17.5 Å². The number of anilines is 1. The fourth-order valence-corrected chi connectivity index (χ4v) is 2.72. The number of aryl methyl sites for hydroxylation is 1. The Morgan fingerprint density at radius 3 is 2.63 bits per heavy atom. The number of fused-ring (bicyclic) bond motifs is 1. The quantitative estimate of drug-likeness (QED) is 0.392. The molecule has 7 heteroatoms. The number of rotatable bonds is 4. The van der Waals surface area contributed by atoms with Crippen LogP contribution >= 0.6 is 24.0 Å². The number of hydrogen-bond donors (Lipinski definition) is 2. The first-order chi connectivity index (χ1) is 12.7. The second-order valence-electron chi connectivity index (χ2n) is 6.07. The highest BCUT2D eigenvalue weighted by Crippen LogP contribution is 2.32. The number of guanidine groups is 1. The monoisotopic (exact) mass is 483 g/mol. The minimum Gasteiger partial charge on any atom is -0.496 e. The van der Waals surface area contributed by atoms with Crippen molar-refractivity contribution in [2.24, 2.45) is 4.99 Å². The predicted molar refractivity (Wildman–Crippen MR) is 119 cm³/mol. The molecular formula is C20H26IN3O3. The first kappa shape index (κ1) is 21.1. The largest absolute Gasteiger partial charge is 0.496 e. The van der Waals surface area contributed by atoms with E-state index in [0.717, 1.165) is 40.5 Å². The van der Waals surface area contributed by atoms with Crippen LogP contribution in [0, 0.1) is 6.92 Å². The van der Waals surface area contributed by atoms with Crippen LogP contribution in [0.15, 0.2) is 41.4 Å². The van der Waals surface area contributed by atoms with Gasteiger partial charge in [-0.1, -0.05) is 12.1 Å². The number of methoxy groups -OCH3 is 1. The molecular weight excluding hydrogens is 457 g/mol. The molecule has 0 bridgehead atoms. The molecule has 0 aliphatic carbocycles. The maximum Gasteiger partial charge on any atom is 0.195 e. The van der Waals surface area contributed by atoms with Crippen molar-refractivity contribution in [1.82, 2.24) is 5.32 Å². The Morgan fingerprint density at radius 2 is 1.89 bits per heavy atom. The third kappa shape index (κ3) is 5.66. The van der Waals surface area contributed by atoms with E-state index in [1.807, 2.05) is 31.2 Å². The average molecular weight is 483 g/mol. The van der Waals surface area contributed by atoms with Crippen LogP contribution in [-0.2, 0) is 6.54 Å². The Hall–Kier alpha value is -2.16. The maximum atomic E-state index is 5.73. The molecule has 3 rings (SSSR count). The van der Waals surface area contributed by atoms with Crippen molar-refractivity contribution in [1.29, 1.82) is 0 Å². The fourth-order valence-electron chi connectivity index (χ4n) is 2.72. The van der Waals surface area contributed by atoms with Gasteiger partial charge in [0, 0.05) is 31.8 Å². The summed E-state index contributed by atoms with van der Waals surface area (Å²) in [5.74, 6) is 3.10. The van der Waals surface area contributed by atoms with E-state index in [1.165, 1.54) is 0 Å². The van der Waals surface area contributed by atoms with Crippen molar-refractivity contribution in [3.63, 3.8) is 0 Å². The lowest BCUT2D eigenvalue weighted by Gasteiger charge is -2.14. The number of halogens is 1. The van der Waals surface area contributed by atoms with Gasteiger partial charge >= 0.3 is 0 Å². The van der Waals surface area contributed by atoms with Gasteiger partial charge in [-0.05, 0) is 36.2 Å². The highest BCUT2D eigenvalue weighted by molar-refractivity contribution is 14.0. The fraction of sp³-hybridized carbons (Fsp3) is 0.350. The average Bonchev–Trinajstić information content (AvgIpc) is 2.91. The van der Waals surface area contributed by atoms with Gasteiger partial charge in [-0.3, -0.25) is 4.99 Å². The smallest absolute Gasteiger partial charge is 0.195 e. The van der Waals surface area contributed by atoms with Gasteiger partial charge in [-0.25, -0.2) is 0 Å². The minimum atomic E-state index is 0. The van der Waals surface area contributed by atoms with E-state index < -0.39 is 0 Å². The summed E-state index contributed by atoms with van der Waals surface area (Å²) in [4.78, 5) is 4.28. The van der Waals surface area contributed by atoms with Crippen molar-refractivity contribution >= 4 is 35.6 Å². The number of benzene rings is 2. The molecule has 0 aromatic heterocycles. The SMILES string of the molecule is CN=C(NCc1ccc(C)c(OC)c1)Nc1ccc2c(c1)OCCCO2.I. The van der Waals surface area contributed by atoms with Crippen LogP contribution in [-0.4, -0.2) is 33.3 Å². The third-order valence-electron chi connectivity index (χ3n) is 4.17. The normalized spacial score (nSPS) is 13.2. The van der Waals surface area contributed by atoms with Gasteiger partial charge in [-0.2, -0.15) is 0 Å². The summed E-state index contributed by atoms with van der Waals surface area (Å²) < 4.78 is 16.8. The molecule has 0 saturated heterocycles. The Kier molecular flexibility index (Phi) is 8.02.